The van der Waals surface area contributed by atoms with Crippen molar-refractivity contribution in [3.63, 3.8) is 0 Å². The predicted molar refractivity (Wildman–Crippen MR) is 102 cm³/mol. The molecule has 0 radical (unpaired) electrons. The van der Waals surface area contributed by atoms with Gasteiger partial charge in [0.1, 0.15) is 10.8 Å². The first-order valence-corrected chi connectivity index (χ1v) is 9.33. The fraction of sp³-hybridized carbons (Fsp3) is 0.400. The van der Waals surface area contributed by atoms with Crippen LogP contribution >= 0.6 is 23.2 Å². The van der Waals surface area contributed by atoms with Gasteiger partial charge in [-0.25, -0.2) is 4.79 Å². The predicted octanol–water partition coefficient (Wildman–Crippen LogP) is 4.80. The highest BCUT2D eigenvalue weighted by Gasteiger charge is 2.45. The number of hydrogen-bond donors (Lipinski definition) is 0. The summed E-state index contributed by atoms with van der Waals surface area (Å²) in [5, 5.41) is 0.595. The number of carbonyl (C=O) groups is 2. The van der Waals surface area contributed by atoms with E-state index >= 15 is 0 Å². The Kier molecular flexibility index (Phi) is 5.44. The normalized spacial score (nSPS) is 20.9. The van der Waals surface area contributed by atoms with Crippen molar-refractivity contribution in [3.8, 4) is 5.75 Å². The molecule has 1 atom stereocenters. The zero-order valence-electron chi connectivity index (χ0n) is 14.6. The van der Waals surface area contributed by atoms with Gasteiger partial charge in [-0.1, -0.05) is 29.3 Å². The second-order valence-electron chi connectivity index (χ2n) is 6.60. The molecule has 0 saturated carbocycles. The van der Waals surface area contributed by atoms with Crippen LogP contribution in [0.2, 0.25) is 10.0 Å². The third-order valence-corrected chi connectivity index (χ3v) is 5.82. The lowest BCUT2D eigenvalue weighted by Gasteiger charge is -2.32. The number of benzene rings is 1. The summed E-state index contributed by atoms with van der Waals surface area (Å²) in [4.78, 5) is 23.6. The van der Waals surface area contributed by atoms with Crippen LogP contribution in [0.15, 0.2) is 24.8 Å². The quantitative estimate of drug-likeness (QED) is 0.513. The van der Waals surface area contributed by atoms with Gasteiger partial charge in [-0.2, -0.15) is 0 Å². The molecule has 1 aromatic rings. The first-order chi connectivity index (χ1) is 12.4. The van der Waals surface area contributed by atoms with Crippen molar-refractivity contribution in [2.24, 2.45) is 5.41 Å². The Labute approximate surface area is 162 Å². The summed E-state index contributed by atoms with van der Waals surface area (Å²) in [5.74, 6) is -0.0181. The number of ketones is 1. The fourth-order valence-electron chi connectivity index (χ4n) is 3.86. The van der Waals surface area contributed by atoms with E-state index in [1.54, 1.807) is 13.0 Å². The summed E-state index contributed by atoms with van der Waals surface area (Å²) in [7, 11) is 0. The number of allylic oxidation sites excluding steroid dienone is 3. The molecule has 2 aliphatic carbocycles. The molecule has 0 heterocycles. The van der Waals surface area contributed by atoms with Crippen LogP contribution in [0.3, 0.4) is 0 Å². The molecule has 0 aliphatic heterocycles. The highest BCUT2D eigenvalue weighted by Crippen LogP contribution is 2.57. The number of fused-ring (bicyclic) bond motifs is 3. The topological polar surface area (TPSA) is 52.6 Å². The van der Waals surface area contributed by atoms with Gasteiger partial charge >= 0.3 is 5.97 Å². The maximum Gasteiger partial charge on any atom is 0.344 e. The Bertz CT molecular complexity index is 813. The molecule has 0 spiro atoms. The van der Waals surface area contributed by atoms with E-state index in [4.69, 9.17) is 32.7 Å². The van der Waals surface area contributed by atoms with E-state index in [0.29, 0.717) is 17.2 Å². The molecule has 26 heavy (non-hydrogen) atoms. The first kappa shape index (κ1) is 19.0. The average molecular weight is 395 g/mol. The van der Waals surface area contributed by atoms with Gasteiger partial charge in [-0.3, -0.25) is 4.79 Å². The number of carbonyl (C=O) groups excluding carboxylic acids is 2. The van der Waals surface area contributed by atoms with Gasteiger partial charge in [0.25, 0.3) is 0 Å². The summed E-state index contributed by atoms with van der Waals surface area (Å²) in [6.07, 6.45) is 6.34. The Hall–Kier alpha value is -1.78. The largest absolute Gasteiger partial charge is 0.480 e. The van der Waals surface area contributed by atoms with E-state index in [-0.39, 0.29) is 29.4 Å². The molecule has 0 fully saturated rings. The highest BCUT2D eigenvalue weighted by atomic mass is 35.5. The lowest BCUT2D eigenvalue weighted by Crippen LogP contribution is -2.25. The molecule has 0 aromatic heterocycles. The van der Waals surface area contributed by atoms with Crippen LogP contribution in [0.4, 0.5) is 0 Å². The lowest BCUT2D eigenvalue weighted by molar-refractivity contribution is -0.145. The first-order valence-electron chi connectivity index (χ1n) is 8.57. The van der Waals surface area contributed by atoms with Gasteiger partial charge in [0.05, 0.1) is 11.6 Å². The van der Waals surface area contributed by atoms with Gasteiger partial charge in [-0.15, -0.1) is 6.58 Å². The fourth-order valence-corrected chi connectivity index (χ4v) is 4.38. The monoisotopic (exact) mass is 394 g/mol. The third kappa shape index (κ3) is 3.28. The van der Waals surface area contributed by atoms with Gasteiger partial charge in [0, 0.05) is 17.4 Å². The SMILES string of the molecule is C=CCC12CCC(=O)C=C1c1c(cc(OCC(=O)OCC)c(Cl)c1Cl)C2. The van der Waals surface area contributed by atoms with Crippen molar-refractivity contribution in [2.45, 2.75) is 32.6 Å². The molecule has 4 nitrogen and oxygen atoms in total. The van der Waals surface area contributed by atoms with E-state index in [9.17, 15) is 9.59 Å². The van der Waals surface area contributed by atoms with E-state index in [1.165, 1.54) is 0 Å². The zero-order chi connectivity index (χ0) is 18.9. The zero-order valence-corrected chi connectivity index (χ0v) is 16.1. The smallest absolute Gasteiger partial charge is 0.344 e. The second-order valence-corrected chi connectivity index (χ2v) is 7.36. The molecule has 2 aliphatic rings. The molecule has 138 valence electrons. The maximum absolute atomic E-state index is 12.0. The molecule has 0 saturated heterocycles. The molecular weight excluding hydrogens is 375 g/mol. The molecular formula is C20H20Cl2O4. The van der Waals surface area contributed by atoms with Crippen molar-refractivity contribution < 1.29 is 19.1 Å². The minimum absolute atomic E-state index is 0.0994. The van der Waals surface area contributed by atoms with Crippen molar-refractivity contribution >= 4 is 40.5 Å². The van der Waals surface area contributed by atoms with Crippen LogP contribution < -0.4 is 4.74 Å². The number of halogens is 2. The van der Waals surface area contributed by atoms with E-state index in [0.717, 1.165) is 36.0 Å². The molecule has 0 bridgehead atoms. The van der Waals surface area contributed by atoms with Gasteiger partial charge in [-0.05, 0) is 49.5 Å². The standard InChI is InChI=1S/C20H20Cl2O4/c1-3-6-20-7-5-13(23)9-14(20)17-12(10-20)8-15(18(21)19(17)22)26-11-16(24)25-4-2/h3,8-9H,1,4-7,10-11H2,2H3. The second kappa shape index (κ2) is 7.45. The minimum Gasteiger partial charge on any atom is -0.480 e. The molecule has 6 heteroatoms. The number of hydrogen-bond acceptors (Lipinski definition) is 4. The minimum atomic E-state index is -0.467. The number of ether oxygens (including phenoxy) is 2. The maximum atomic E-state index is 12.0. The van der Waals surface area contributed by atoms with Crippen LogP contribution in [0, 0.1) is 5.41 Å². The van der Waals surface area contributed by atoms with Crippen LogP contribution in [0.25, 0.3) is 5.57 Å². The van der Waals surface area contributed by atoms with E-state index in [2.05, 4.69) is 6.58 Å². The van der Waals surface area contributed by atoms with Crippen LogP contribution in [-0.4, -0.2) is 25.0 Å². The third-order valence-electron chi connectivity index (χ3n) is 4.97. The van der Waals surface area contributed by atoms with E-state index in [1.807, 2.05) is 12.1 Å². The Balaban J connectivity index is 1.99. The molecule has 3 rings (SSSR count). The van der Waals surface area contributed by atoms with Crippen molar-refractivity contribution in [2.75, 3.05) is 13.2 Å². The Morgan fingerprint density at radius 2 is 2.15 bits per heavy atom. The summed E-state index contributed by atoms with van der Waals surface area (Å²) in [6.45, 7) is 5.65. The average Bonchev–Trinajstić information content (AvgIpc) is 2.91. The summed E-state index contributed by atoms with van der Waals surface area (Å²) < 4.78 is 10.4. The lowest BCUT2D eigenvalue weighted by atomic mass is 9.70. The van der Waals surface area contributed by atoms with Crippen molar-refractivity contribution in [1.82, 2.24) is 0 Å². The van der Waals surface area contributed by atoms with E-state index < -0.39 is 5.97 Å². The Morgan fingerprint density at radius 1 is 1.38 bits per heavy atom. The number of rotatable bonds is 6. The van der Waals surface area contributed by atoms with Crippen LogP contribution in [0.5, 0.6) is 5.75 Å². The van der Waals surface area contributed by atoms with Gasteiger partial charge in [0.15, 0.2) is 12.4 Å². The highest BCUT2D eigenvalue weighted by molar-refractivity contribution is 6.44. The summed E-state index contributed by atoms with van der Waals surface area (Å²) in [6, 6.07) is 1.82. The number of esters is 1. The Morgan fingerprint density at radius 3 is 2.85 bits per heavy atom. The van der Waals surface area contributed by atoms with Crippen LogP contribution in [0.1, 0.15) is 37.3 Å². The van der Waals surface area contributed by atoms with Crippen molar-refractivity contribution in [3.05, 3.63) is 46.0 Å². The summed E-state index contributed by atoms with van der Waals surface area (Å²) >= 11 is 12.9. The summed E-state index contributed by atoms with van der Waals surface area (Å²) in [5.41, 5.74) is 2.55. The van der Waals surface area contributed by atoms with Gasteiger partial charge in [0.2, 0.25) is 0 Å². The molecule has 1 unspecified atom stereocenters. The van der Waals surface area contributed by atoms with Gasteiger partial charge < -0.3 is 9.47 Å². The van der Waals surface area contributed by atoms with Crippen LogP contribution in [-0.2, 0) is 20.7 Å². The van der Waals surface area contributed by atoms with Crippen molar-refractivity contribution in [1.29, 1.82) is 0 Å². The molecule has 0 amide bonds. The molecule has 0 N–H and O–H groups in total. The molecule has 1 aromatic carbocycles.